The average molecular weight is 376 g/mol. The molecule has 0 N–H and O–H groups in total. The Morgan fingerprint density at radius 3 is 2.32 bits per heavy atom. The molecule has 0 atom stereocenters. The highest BCUT2D eigenvalue weighted by molar-refractivity contribution is 5.46. The van der Waals surface area contributed by atoms with Crippen LogP contribution in [0, 0.1) is 6.92 Å². The lowest BCUT2D eigenvalue weighted by atomic mass is 10.2. The highest BCUT2D eigenvalue weighted by Crippen LogP contribution is 2.21. The van der Waals surface area contributed by atoms with Crippen molar-refractivity contribution >= 4 is 11.8 Å². The number of benzene rings is 1. The third kappa shape index (κ3) is 5.28. The molecule has 2 aromatic heterocycles. The summed E-state index contributed by atoms with van der Waals surface area (Å²) in [5.74, 6) is 1.74. The molecule has 0 bridgehead atoms. The van der Waals surface area contributed by atoms with Crippen LogP contribution in [0.15, 0.2) is 60.9 Å². The van der Waals surface area contributed by atoms with Crippen molar-refractivity contribution < 1.29 is 0 Å². The van der Waals surface area contributed by atoms with E-state index in [9.17, 15) is 0 Å². The van der Waals surface area contributed by atoms with Gasteiger partial charge in [-0.3, -0.25) is 4.98 Å². The fraction of sp³-hybridized carbons (Fsp3) is 0.348. The van der Waals surface area contributed by atoms with Gasteiger partial charge in [0.15, 0.2) is 0 Å². The Morgan fingerprint density at radius 1 is 0.929 bits per heavy atom. The molecule has 0 saturated heterocycles. The molecule has 0 aliphatic carbocycles. The first-order chi connectivity index (χ1) is 13.5. The van der Waals surface area contributed by atoms with E-state index in [0.717, 1.165) is 37.0 Å². The average Bonchev–Trinajstić information content (AvgIpc) is 2.71. The second kappa shape index (κ2) is 9.31. The Hall–Kier alpha value is -2.95. The third-order valence-electron chi connectivity index (χ3n) is 4.78. The zero-order valence-corrected chi connectivity index (χ0v) is 17.2. The molecule has 146 valence electrons. The van der Waals surface area contributed by atoms with Crippen LogP contribution in [0.1, 0.15) is 30.7 Å². The first-order valence-corrected chi connectivity index (χ1v) is 9.79. The highest BCUT2D eigenvalue weighted by atomic mass is 15.3. The molecule has 0 radical (unpaired) electrons. The van der Waals surface area contributed by atoms with Crippen LogP contribution in [-0.4, -0.2) is 34.6 Å². The van der Waals surface area contributed by atoms with Gasteiger partial charge in [0.05, 0.1) is 0 Å². The van der Waals surface area contributed by atoms with Gasteiger partial charge in [0.25, 0.3) is 0 Å². The van der Waals surface area contributed by atoms with E-state index in [-0.39, 0.29) is 0 Å². The first kappa shape index (κ1) is 19.8. The molecule has 5 nitrogen and oxygen atoms in total. The number of hydrogen-bond acceptors (Lipinski definition) is 5. The number of pyridine rings is 1. The van der Waals surface area contributed by atoms with E-state index in [0.29, 0.717) is 6.04 Å². The van der Waals surface area contributed by atoms with Crippen molar-refractivity contribution in [3.8, 4) is 0 Å². The lowest BCUT2D eigenvalue weighted by Crippen LogP contribution is -2.32. The predicted molar refractivity (Wildman–Crippen MR) is 116 cm³/mol. The van der Waals surface area contributed by atoms with Crippen molar-refractivity contribution in [1.29, 1.82) is 0 Å². The standard InChI is InChI=1S/C23H29N5/c1-18(2)28(17-21-8-6-5-7-9-21)23-25-19(3)16-22(26-23)27(4)15-12-20-10-13-24-14-11-20/h5-11,13-14,16,18H,12,15,17H2,1-4H3. The Kier molecular flexibility index (Phi) is 6.58. The fourth-order valence-electron chi connectivity index (χ4n) is 3.09. The molecule has 3 aromatic rings. The smallest absolute Gasteiger partial charge is 0.228 e. The molecular weight excluding hydrogens is 346 g/mol. The van der Waals surface area contributed by atoms with Gasteiger partial charge in [-0.05, 0) is 50.5 Å². The molecule has 3 rings (SSSR count). The third-order valence-corrected chi connectivity index (χ3v) is 4.78. The van der Waals surface area contributed by atoms with Gasteiger partial charge in [0.1, 0.15) is 5.82 Å². The second-order valence-corrected chi connectivity index (χ2v) is 7.40. The molecule has 0 fully saturated rings. The molecule has 2 heterocycles. The van der Waals surface area contributed by atoms with Crippen molar-refractivity contribution in [3.63, 3.8) is 0 Å². The van der Waals surface area contributed by atoms with Crippen LogP contribution in [0.25, 0.3) is 0 Å². The van der Waals surface area contributed by atoms with Gasteiger partial charge in [-0.15, -0.1) is 0 Å². The fourth-order valence-corrected chi connectivity index (χ4v) is 3.09. The monoisotopic (exact) mass is 375 g/mol. The molecule has 0 amide bonds. The summed E-state index contributed by atoms with van der Waals surface area (Å²) in [6.45, 7) is 8.08. The number of nitrogens with zero attached hydrogens (tertiary/aromatic N) is 5. The summed E-state index contributed by atoms with van der Waals surface area (Å²) < 4.78 is 0. The van der Waals surface area contributed by atoms with Crippen molar-refractivity contribution in [2.75, 3.05) is 23.4 Å². The maximum Gasteiger partial charge on any atom is 0.228 e. The minimum absolute atomic E-state index is 0.303. The summed E-state index contributed by atoms with van der Waals surface area (Å²) in [6.07, 6.45) is 4.63. The SMILES string of the molecule is Cc1cc(N(C)CCc2ccncc2)nc(N(Cc2ccccc2)C(C)C)n1. The molecule has 0 aliphatic rings. The van der Waals surface area contributed by atoms with Crippen LogP contribution in [0.3, 0.4) is 0 Å². The normalized spacial score (nSPS) is 10.9. The number of hydrogen-bond donors (Lipinski definition) is 0. The van der Waals surface area contributed by atoms with Crippen molar-refractivity contribution in [1.82, 2.24) is 15.0 Å². The van der Waals surface area contributed by atoms with Crippen LogP contribution in [0.5, 0.6) is 0 Å². The summed E-state index contributed by atoms with van der Waals surface area (Å²) in [5, 5.41) is 0. The van der Waals surface area contributed by atoms with Gasteiger partial charge in [-0.2, -0.15) is 4.98 Å². The van der Waals surface area contributed by atoms with Crippen LogP contribution >= 0.6 is 0 Å². The van der Waals surface area contributed by atoms with E-state index >= 15 is 0 Å². The zero-order chi connectivity index (χ0) is 19.9. The van der Waals surface area contributed by atoms with Gasteiger partial charge in [0.2, 0.25) is 5.95 Å². The van der Waals surface area contributed by atoms with Gasteiger partial charge in [-0.25, -0.2) is 4.98 Å². The summed E-state index contributed by atoms with van der Waals surface area (Å²) >= 11 is 0. The molecule has 1 aromatic carbocycles. The lowest BCUT2D eigenvalue weighted by molar-refractivity contribution is 0.658. The Morgan fingerprint density at radius 2 is 1.64 bits per heavy atom. The maximum absolute atomic E-state index is 4.89. The van der Waals surface area contributed by atoms with Gasteiger partial charge in [-0.1, -0.05) is 30.3 Å². The molecular formula is C23H29N5. The van der Waals surface area contributed by atoms with Crippen LogP contribution < -0.4 is 9.80 Å². The van der Waals surface area contributed by atoms with Crippen LogP contribution in [0.2, 0.25) is 0 Å². The highest BCUT2D eigenvalue weighted by Gasteiger charge is 2.16. The molecule has 0 aliphatic heterocycles. The van der Waals surface area contributed by atoms with Crippen LogP contribution in [0.4, 0.5) is 11.8 Å². The van der Waals surface area contributed by atoms with Crippen molar-refractivity contribution in [2.45, 2.75) is 39.8 Å². The van der Waals surface area contributed by atoms with E-state index < -0.39 is 0 Å². The Labute approximate surface area is 168 Å². The predicted octanol–water partition coefficient (Wildman–Crippen LogP) is 4.27. The minimum atomic E-state index is 0.303. The summed E-state index contributed by atoms with van der Waals surface area (Å²) in [5.41, 5.74) is 3.52. The minimum Gasteiger partial charge on any atom is -0.359 e. The van der Waals surface area contributed by atoms with E-state index in [1.807, 2.05) is 25.4 Å². The summed E-state index contributed by atoms with van der Waals surface area (Å²) in [4.78, 5) is 18.2. The van der Waals surface area contributed by atoms with E-state index in [2.05, 4.69) is 78.1 Å². The Bertz CT molecular complexity index is 865. The molecule has 0 saturated carbocycles. The first-order valence-electron chi connectivity index (χ1n) is 9.79. The van der Waals surface area contributed by atoms with Crippen molar-refractivity contribution in [2.24, 2.45) is 0 Å². The summed E-state index contributed by atoms with van der Waals surface area (Å²) in [7, 11) is 2.09. The van der Waals surface area contributed by atoms with Crippen molar-refractivity contribution in [3.05, 3.63) is 77.7 Å². The number of anilines is 2. The van der Waals surface area contributed by atoms with E-state index in [1.165, 1.54) is 11.1 Å². The molecule has 28 heavy (non-hydrogen) atoms. The molecule has 5 heteroatoms. The largest absolute Gasteiger partial charge is 0.359 e. The number of aryl methyl sites for hydroxylation is 1. The molecule has 0 unspecified atom stereocenters. The zero-order valence-electron chi connectivity index (χ0n) is 17.2. The van der Waals surface area contributed by atoms with Gasteiger partial charge >= 0.3 is 0 Å². The molecule has 0 spiro atoms. The maximum atomic E-state index is 4.89. The lowest BCUT2D eigenvalue weighted by Gasteiger charge is -2.28. The topological polar surface area (TPSA) is 45.2 Å². The number of likely N-dealkylation sites (N-methyl/N-ethyl adjacent to an activating group) is 1. The second-order valence-electron chi connectivity index (χ2n) is 7.40. The summed E-state index contributed by atoms with van der Waals surface area (Å²) in [6, 6.07) is 17.0. The number of rotatable bonds is 8. The van der Waals surface area contributed by atoms with E-state index in [4.69, 9.17) is 9.97 Å². The quantitative estimate of drug-likeness (QED) is 0.588. The van der Waals surface area contributed by atoms with E-state index in [1.54, 1.807) is 0 Å². The van der Waals surface area contributed by atoms with Crippen LogP contribution in [-0.2, 0) is 13.0 Å². The van der Waals surface area contributed by atoms with Gasteiger partial charge < -0.3 is 9.80 Å². The Balaban J connectivity index is 1.78. The number of aromatic nitrogens is 3. The van der Waals surface area contributed by atoms with Gasteiger partial charge in [0, 0.05) is 50.3 Å².